The molecule has 6 nitrogen and oxygen atoms in total. The molecule has 2 atom stereocenters. The molecule has 2 saturated heterocycles. The minimum Gasteiger partial charge on any atom is -0.376 e. The van der Waals surface area contributed by atoms with Crippen LogP contribution in [0.1, 0.15) is 38.2 Å². The molecule has 2 aliphatic rings. The second-order valence-corrected chi connectivity index (χ2v) is 12.3. The van der Waals surface area contributed by atoms with Crippen molar-refractivity contribution in [2.24, 2.45) is 5.92 Å². The third-order valence-corrected chi connectivity index (χ3v) is 9.55. The van der Waals surface area contributed by atoms with E-state index in [2.05, 4.69) is 6.92 Å². The molecule has 0 radical (unpaired) electrons. The number of sulfonamides is 1. The average molecular weight is 522 g/mol. The highest BCUT2D eigenvalue weighted by atomic mass is 32.2. The van der Waals surface area contributed by atoms with Gasteiger partial charge < -0.3 is 9.30 Å². The largest absolute Gasteiger partial charge is 0.376 e. The fourth-order valence-corrected chi connectivity index (χ4v) is 7.46. The minimum absolute atomic E-state index is 0.0524. The van der Waals surface area contributed by atoms with Gasteiger partial charge in [0, 0.05) is 31.5 Å². The van der Waals surface area contributed by atoms with E-state index >= 15 is 0 Å². The van der Waals surface area contributed by atoms with E-state index in [1.54, 1.807) is 16.4 Å². The summed E-state index contributed by atoms with van der Waals surface area (Å²) in [7, 11) is -3.61. The summed E-state index contributed by atoms with van der Waals surface area (Å²) in [5.41, 5.74) is 1.92. The number of piperidine rings is 1. The summed E-state index contributed by atoms with van der Waals surface area (Å²) in [5, 5.41) is 0.668. The maximum Gasteiger partial charge on any atom is 0.243 e. The number of hydrogen-bond donors (Lipinski definition) is 0. The van der Waals surface area contributed by atoms with Gasteiger partial charge in [0.05, 0.1) is 28.6 Å². The maximum absolute atomic E-state index is 13.7. The minimum atomic E-state index is -3.61. The topological polar surface area (TPSA) is 64.4 Å². The Labute approximate surface area is 208 Å². The van der Waals surface area contributed by atoms with Crippen LogP contribution in [0.4, 0.5) is 8.78 Å². The molecular weight excluding hydrogens is 492 g/mol. The number of benzene rings is 2. The molecule has 2 aliphatic heterocycles. The van der Waals surface area contributed by atoms with Crippen molar-refractivity contribution in [2.45, 2.75) is 61.1 Å². The molecule has 5 rings (SSSR count). The highest BCUT2D eigenvalue weighted by Crippen LogP contribution is 2.31. The lowest BCUT2D eigenvalue weighted by atomic mass is 10.0. The second-order valence-electron chi connectivity index (χ2n) is 9.47. The van der Waals surface area contributed by atoms with Gasteiger partial charge in [-0.1, -0.05) is 18.7 Å². The van der Waals surface area contributed by atoms with E-state index in [-0.39, 0.29) is 11.0 Å². The summed E-state index contributed by atoms with van der Waals surface area (Å²) < 4.78 is 63.4. The van der Waals surface area contributed by atoms with Crippen molar-refractivity contribution in [3.8, 4) is 0 Å². The Balaban J connectivity index is 1.47. The van der Waals surface area contributed by atoms with Gasteiger partial charge in [-0.05, 0) is 67.5 Å². The van der Waals surface area contributed by atoms with Gasteiger partial charge in [-0.2, -0.15) is 4.31 Å². The van der Waals surface area contributed by atoms with Crippen LogP contribution in [0, 0.1) is 17.6 Å². The van der Waals surface area contributed by atoms with Gasteiger partial charge in [0.25, 0.3) is 0 Å². The summed E-state index contributed by atoms with van der Waals surface area (Å²) in [4.78, 5) is 4.99. The van der Waals surface area contributed by atoms with Gasteiger partial charge in [-0.3, -0.25) is 0 Å². The van der Waals surface area contributed by atoms with Crippen LogP contribution in [0.3, 0.4) is 0 Å². The Morgan fingerprint density at radius 1 is 1.11 bits per heavy atom. The molecule has 3 aromatic rings. The van der Waals surface area contributed by atoms with E-state index in [9.17, 15) is 17.2 Å². The lowest BCUT2D eigenvalue weighted by molar-refractivity contribution is 0.0960. The number of imidazole rings is 1. The zero-order chi connectivity index (χ0) is 24.6. The molecule has 0 saturated carbocycles. The summed E-state index contributed by atoms with van der Waals surface area (Å²) in [6.07, 6.45) is 3.89. The smallest absolute Gasteiger partial charge is 0.243 e. The fraction of sp³-hybridized carbons (Fsp3) is 0.480. The zero-order valence-electron chi connectivity index (χ0n) is 19.6. The number of rotatable bonds is 7. The van der Waals surface area contributed by atoms with E-state index in [0.717, 1.165) is 43.9 Å². The molecule has 35 heavy (non-hydrogen) atoms. The van der Waals surface area contributed by atoms with Crippen molar-refractivity contribution < 1.29 is 21.9 Å². The highest BCUT2D eigenvalue weighted by molar-refractivity contribution is 7.98. The molecule has 2 fully saturated rings. The van der Waals surface area contributed by atoms with Gasteiger partial charge in [-0.15, -0.1) is 0 Å². The van der Waals surface area contributed by atoms with Crippen molar-refractivity contribution in [3.05, 3.63) is 53.6 Å². The Hall–Kier alpha value is -2.01. The average Bonchev–Trinajstić information content (AvgIpc) is 3.45. The maximum atomic E-state index is 13.7. The first-order valence-electron chi connectivity index (χ1n) is 12.0. The highest BCUT2D eigenvalue weighted by Gasteiger charge is 2.29. The lowest BCUT2D eigenvalue weighted by Crippen LogP contribution is -2.39. The van der Waals surface area contributed by atoms with E-state index in [1.807, 2.05) is 10.6 Å². The third kappa shape index (κ3) is 5.40. The summed E-state index contributed by atoms with van der Waals surface area (Å²) in [5.74, 6) is -0.561. The van der Waals surface area contributed by atoms with Gasteiger partial charge in [0.1, 0.15) is 11.6 Å². The molecule has 0 N–H and O–H groups in total. The van der Waals surface area contributed by atoms with Crippen LogP contribution in [-0.2, 0) is 27.1 Å². The van der Waals surface area contributed by atoms with Crippen LogP contribution in [0.15, 0.2) is 46.5 Å². The van der Waals surface area contributed by atoms with Crippen molar-refractivity contribution >= 4 is 32.8 Å². The number of fused-ring (bicyclic) bond motifs is 1. The van der Waals surface area contributed by atoms with Gasteiger partial charge in [0.15, 0.2) is 5.16 Å². The second kappa shape index (κ2) is 10.2. The van der Waals surface area contributed by atoms with Crippen molar-refractivity contribution in [3.63, 3.8) is 0 Å². The molecule has 3 heterocycles. The van der Waals surface area contributed by atoms with E-state index in [0.29, 0.717) is 47.5 Å². The fourth-order valence-electron chi connectivity index (χ4n) is 4.88. The number of halogens is 2. The number of aromatic nitrogens is 2. The van der Waals surface area contributed by atoms with Crippen LogP contribution in [0.2, 0.25) is 0 Å². The molecule has 0 amide bonds. The lowest BCUT2D eigenvalue weighted by Gasteiger charge is -2.30. The summed E-state index contributed by atoms with van der Waals surface area (Å²) in [6.45, 7) is 4.44. The number of hydrogen-bond acceptors (Lipinski definition) is 5. The molecule has 0 unspecified atom stereocenters. The molecule has 2 aromatic carbocycles. The molecule has 0 aliphatic carbocycles. The first-order chi connectivity index (χ1) is 16.8. The Kier molecular flexibility index (Phi) is 7.16. The van der Waals surface area contributed by atoms with E-state index < -0.39 is 21.7 Å². The first kappa shape index (κ1) is 24.7. The summed E-state index contributed by atoms with van der Waals surface area (Å²) >= 11 is 1.37. The predicted octanol–water partition coefficient (Wildman–Crippen LogP) is 5.21. The van der Waals surface area contributed by atoms with Gasteiger partial charge in [-0.25, -0.2) is 22.2 Å². The quantitative estimate of drug-likeness (QED) is 0.400. The van der Waals surface area contributed by atoms with Crippen LogP contribution >= 0.6 is 11.8 Å². The van der Waals surface area contributed by atoms with E-state index in [1.165, 1.54) is 23.9 Å². The van der Waals surface area contributed by atoms with Crippen LogP contribution in [0.5, 0.6) is 0 Å². The molecular formula is C25H29F2N3O3S2. The van der Waals surface area contributed by atoms with Crippen molar-refractivity contribution in [1.82, 2.24) is 13.9 Å². The third-order valence-electron chi connectivity index (χ3n) is 6.64. The van der Waals surface area contributed by atoms with Crippen molar-refractivity contribution in [1.29, 1.82) is 0 Å². The summed E-state index contributed by atoms with van der Waals surface area (Å²) in [6, 6.07) is 8.58. The molecule has 0 bridgehead atoms. The molecule has 0 spiro atoms. The van der Waals surface area contributed by atoms with Gasteiger partial charge in [0.2, 0.25) is 10.0 Å². The Bertz CT molecular complexity index is 1300. The van der Waals surface area contributed by atoms with Crippen LogP contribution in [0.25, 0.3) is 11.0 Å². The Morgan fingerprint density at radius 2 is 1.91 bits per heavy atom. The predicted molar refractivity (Wildman–Crippen MR) is 132 cm³/mol. The van der Waals surface area contributed by atoms with Crippen LogP contribution in [-0.4, -0.2) is 48.1 Å². The normalized spacial score (nSPS) is 21.7. The number of thioether (sulfide) groups is 1. The molecule has 10 heteroatoms. The standard InChI is InChI=1S/C25H29F2N3O3S2/c1-17-4-2-8-29(14-17)35(31,32)22-6-7-24-23(13-22)28-25(30(24)15-21-5-3-9-33-21)34-16-18-10-19(26)12-20(27)11-18/h6-7,10-13,17,21H,2-5,8-9,14-16H2,1H3/t17-,21+/m0/s1. The molecule has 188 valence electrons. The zero-order valence-corrected chi connectivity index (χ0v) is 21.3. The number of ether oxygens (including phenoxy) is 1. The Morgan fingerprint density at radius 3 is 2.63 bits per heavy atom. The van der Waals surface area contributed by atoms with Gasteiger partial charge >= 0.3 is 0 Å². The molecule has 1 aromatic heterocycles. The van der Waals surface area contributed by atoms with Crippen LogP contribution < -0.4 is 0 Å². The SMILES string of the molecule is C[C@H]1CCCN(S(=O)(=O)c2ccc3c(c2)nc(SCc2cc(F)cc(F)c2)n3C[C@H]2CCCO2)C1. The first-order valence-corrected chi connectivity index (χ1v) is 14.4. The van der Waals surface area contributed by atoms with E-state index in [4.69, 9.17) is 9.72 Å². The van der Waals surface area contributed by atoms with Crippen molar-refractivity contribution in [2.75, 3.05) is 19.7 Å². The number of nitrogens with zero attached hydrogens (tertiary/aromatic N) is 3. The monoisotopic (exact) mass is 521 g/mol.